The molecule has 0 saturated carbocycles. The van der Waals surface area contributed by atoms with Crippen molar-refractivity contribution in [3.8, 4) is 17.1 Å². The third-order valence-corrected chi connectivity index (χ3v) is 5.09. The predicted molar refractivity (Wildman–Crippen MR) is 117 cm³/mol. The third kappa shape index (κ3) is 4.96. The van der Waals surface area contributed by atoms with Crippen LogP contribution in [0.1, 0.15) is 26.5 Å². The summed E-state index contributed by atoms with van der Waals surface area (Å²) in [6, 6.07) is 12.9. The Labute approximate surface area is 184 Å². The molecule has 0 spiro atoms. The SMILES string of the molecule is COc1cc(C(=O)NN=Cc2ccc(-c3ccc(C(=O)O)c(Cl)c3)o2)ccc1I. The molecule has 2 N–H and O–H groups in total. The lowest BCUT2D eigenvalue weighted by Gasteiger charge is -2.05. The highest BCUT2D eigenvalue weighted by molar-refractivity contribution is 14.1. The first kappa shape index (κ1) is 20.9. The van der Waals surface area contributed by atoms with Crippen molar-refractivity contribution in [1.82, 2.24) is 5.43 Å². The molecular weight excluding hydrogens is 511 g/mol. The number of carbonyl (C=O) groups is 2. The normalized spacial score (nSPS) is 10.9. The summed E-state index contributed by atoms with van der Waals surface area (Å²) in [6.45, 7) is 0. The molecule has 3 aromatic rings. The maximum absolute atomic E-state index is 12.2. The number of carbonyl (C=O) groups excluding carboxylic acids is 1. The summed E-state index contributed by atoms with van der Waals surface area (Å²) in [7, 11) is 1.54. The van der Waals surface area contributed by atoms with Gasteiger partial charge in [0.2, 0.25) is 0 Å². The number of carboxylic acids is 1. The highest BCUT2D eigenvalue weighted by Crippen LogP contribution is 2.27. The van der Waals surface area contributed by atoms with E-state index in [-0.39, 0.29) is 10.6 Å². The highest BCUT2D eigenvalue weighted by Gasteiger charge is 2.12. The lowest BCUT2D eigenvalue weighted by molar-refractivity contribution is 0.0696. The van der Waals surface area contributed by atoms with Crippen LogP contribution in [0.25, 0.3) is 11.3 Å². The standard InChI is InChI=1S/C20H14ClIN2O5/c1-28-18-9-12(3-6-16(18)22)19(25)24-23-10-13-4-7-17(29-13)11-2-5-14(20(26)27)15(21)8-11/h2-10H,1H3,(H,24,25)(H,26,27). The fourth-order valence-electron chi connectivity index (χ4n) is 2.44. The molecule has 0 radical (unpaired) electrons. The van der Waals surface area contributed by atoms with E-state index in [0.717, 1.165) is 3.57 Å². The van der Waals surface area contributed by atoms with Gasteiger partial charge in [0.25, 0.3) is 5.91 Å². The number of rotatable bonds is 6. The zero-order chi connectivity index (χ0) is 21.0. The van der Waals surface area contributed by atoms with Gasteiger partial charge < -0.3 is 14.3 Å². The van der Waals surface area contributed by atoms with Gasteiger partial charge in [-0.3, -0.25) is 4.79 Å². The van der Waals surface area contributed by atoms with E-state index in [2.05, 4.69) is 33.1 Å². The number of benzene rings is 2. The van der Waals surface area contributed by atoms with E-state index in [4.69, 9.17) is 25.9 Å². The van der Waals surface area contributed by atoms with Gasteiger partial charge in [-0.05, 0) is 65.1 Å². The number of amides is 1. The minimum absolute atomic E-state index is 0.0127. The molecule has 0 aliphatic carbocycles. The quantitative estimate of drug-likeness (QED) is 0.277. The number of furan rings is 1. The van der Waals surface area contributed by atoms with Crippen molar-refractivity contribution in [3.63, 3.8) is 0 Å². The molecule has 0 aliphatic rings. The monoisotopic (exact) mass is 524 g/mol. The zero-order valence-corrected chi connectivity index (χ0v) is 17.9. The van der Waals surface area contributed by atoms with E-state index >= 15 is 0 Å². The summed E-state index contributed by atoms with van der Waals surface area (Å²) >= 11 is 8.10. The van der Waals surface area contributed by atoms with Gasteiger partial charge in [0.1, 0.15) is 17.3 Å². The molecule has 2 aromatic carbocycles. The molecule has 0 atom stereocenters. The average molecular weight is 525 g/mol. The van der Waals surface area contributed by atoms with Crippen molar-refractivity contribution in [2.24, 2.45) is 5.10 Å². The van der Waals surface area contributed by atoms with Gasteiger partial charge in [-0.25, -0.2) is 10.2 Å². The molecule has 0 bridgehead atoms. The number of nitrogens with one attached hydrogen (secondary N) is 1. The summed E-state index contributed by atoms with van der Waals surface area (Å²) in [5, 5.41) is 13.0. The van der Waals surface area contributed by atoms with Gasteiger partial charge in [0.15, 0.2) is 0 Å². The summed E-state index contributed by atoms with van der Waals surface area (Å²) in [5.41, 5.74) is 3.47. The molecule has 29 heavy (non-hydrogen) atoms. The highest BCUT2D eigenvalue weighted by atomic mass is 127. The van der Waals surface area contributed by atoms with Crippen molar-refractivity contribution in [3.05, 3.63) is 74.0 Å². The van der Waals surface area contributed by atoms with Crippen molar-refractivity contribution in [2.45, 2.75) is 0 Å². The van der Waals surface area contributed by atoms with Crippen molar-refractivity contribution < 1.29 is 23.8 Å². The molecule has 0 saturated heterocycles. The fourth-order valence-corrected chi connectivity index (χ4v) is 3.26. The molecule has 1 aromatic heterocycles. The molecule has 0 fully saturated rings. The summed E-state index contributed by atoms with van der Waals surface area (Å²) in [4.78, 5) is 23.2. The van der Waals surface area contributed by atoms with Crippen molar-refractivity contribution >= 4 is 52.3 Å². The van der Waals surface area contributed by atoms with Gasteiger partial charge in [-0.2, -0.15) is 5.10 Å². The summed E-state index contributed by atoms with van der Waals surface area (Å²) < 4.78 is 11.7. The Balaban J connectivity index is 1.68. The number of nitrogens with zero attached hydrogens (tertiary/aromatic N) is 1. The Morgan fingerprint density at radius 1 is 1.21 bits per heavy atom. The number of hydrogen-bond acceptors (Lipinski definition) is 5. The first-order valence-electron chi connectivity index (χ1n) is 8.19. The first-order chi connectivity index (χ1) is 13.9. The second-order valence-electron chi connectivity index (χ2n) is 5.75. The topological polar surface area (TPSA) is 101 Å². The Morgan fingerprint density at radius 2 is 2.00 bits per heavy atom. The van der Waals surface area contributed by atoms with Crippen LogP contribution in [0.3, 0.4) is 0 Å². The fraction of sp³-hybridized carbons (Fsp3) is 0.0500. The Kier molecular flexibility index (Phi) is 6.55. The lowest BCUT2D eigenvalue weighted by atomic mass is 10.1. The number of halogens is 2. The van der Waals surface area contributed by atoms with Crippen LogP contribution in [0.2, 0.25) is 5.02 Å². The number of carboxylic acid groups (broad SMARTS) is 1. The third-order valence-electron chi connectivity index (χ3n) is 3.88. The summed E-state index contributed by atoms with van der Waals surface area (Å²) in [5.74, 6) is -0.00234. The van der Waals surface area contributed by atoms with E-state index < -0.39 is 11.9 Å². The molecule has 0 unspecified atom stereocenters. The molecule has 3 rings (SSSR count). The van der Waals surface area contributed by atoms with E-state index in [1.807, 2.05) is 0 Å². The van der Waals surface area contributed by atoms with E-state index in [1.54, 1.807) is 36.4 Å². The van der Waals surface area contributed by atoms with Gasteiger partial charge in [-0.1, -0.05) is 17.7 Å². The van der Waals surface area contributed by atoms with Crippen molar-refractivity contribution in [2.75, 3.05) is 7.11 Å². The minimum atomic E-state index is -1.10. The molecule has 9 heteroatoms. The molecule has 0 aliphatic heterocycles. The van der Waals surface area contributed by atoms with Gasteiger partial charge in [0.05, 0.1) is 27.5 Å². The summed E-state index contributed by atoms with van der Waals surface area (Å²) in [6.07, 6.45) is 1.36. The van der Waals surface area contributed by atoms with E-state index in [9.17, 15) is 9.59 Å². The molecular formula is C20H14ClIN2O5. The maximum atomic E-state index is 12.2. The molecule has 1 amide bonds. The maximum Gasteiger partial charge on any atom is 0.337 e. The number of hydrazone groups is 1. The number of ether oxygens (including phenoxy) is 1. The van der Waals surface area contributed by atoms with Gasteiger partial charge in [-0.15, -0.1) is 0 Å². The number of hydrogen-bond donors (Lipinski definition) is 2. The lowest BCUT2D eigenvalue weighted by Crippen LogP contribution is -2.17. The smallest absolute Gasteiger partial charge is 0.337 e. The van der Waals surface area contributed by atoms with Crippen LogP contribution >= 0.6 is 34.2 Å². The molecule has 148 valence electrons. The average Bonchev–Trinajstić information content (AvgIpc) is 3.16. The van der Waals surface area contributed by atoms with E-state index in [1.165, 1.54) is 25.5 Å². The van der Waals surface area contributed by atoms with Crippen LogP contribution in [0, 0.1) is 3.57 Å². The van der Waals surface area contributed by atoms with Crippen LogP contribution in [-0.2, 0) is 0 Å². The largest absolute Gasteiger partial charge is 0.496 e. The minimum Gasteiger partial charge on any atom is -0.496 e. The Hall–Kier alpha value is -2.85. The van der Waals surface area contributed by atoms with Crippen molar-refractivity contribution in [1.29, 1.82) is 0 Å². The Morgan fingerprint density at radius 3 is 2.69 bits per heavy atom. The van der Waals surface area contributed by atoms with Crippen LogP contribution in [0.5, 0.6) is 5.75 Å². The molecule has 7 nitrogen and oxygen atoms in total. The van der Waals surface area contributed by atoms with Crippen LogP contribution in [0.4, 0.5) is 0 Å². The van der Waals surface area contributed by atoms with Gasteiger partial charge in [0, 0.05) is 11.1 Å². The molecule has 1 heterocycles. The number of aromatic carboxylic acids is 1. The Bertz CT molecular complexity index is 1110. The zero-order valence-electron chi connectivity index (χ0n) is 15.0. The second kappa shape index (κ2) is 9.10. The van der Waals surface area contributed by atoms with Crippen LogP contribution < -0.4 is 10.2 Å². The van der Waals surface area contributed by atoms with Crippen LogP contribution in [0.15, 0.2) is 58.0 Å². The second-order valence-corrected chi connectivity index (χ2v) is 7.32. The number of methoxy groups -OCH3 is 1. The first-order valence-corrected chi connectivity index (χ1v) is 9.64. The van der Waals surface area contributed by atoms with Crippen LogP contribution in [-0.4, -0.2) is 30.3 Å². The van der Waals surface area contributed by atoms with Gasteiger partial charge >= 0.3 is 5.97 Å². The predicted octanol–water partition coefficient (Wildman–Crippen LogP) is 4.68. The van der Waals surface area contributed by atoms with E-state index in [0.29, 0.717) is 28.4 Å².